The molecule has 0 radical (unpaired) electrons. The molecule has 1 saturated heterocycles. The first-order valence-electron chi connectivity index (χ1n) is 5.68. The van der Waals surface area contributed by atoms with Crippen molar-refractivity contribution in [3.63, 3.8) is 0 Å². The minimum Gasteiger partial charge on any atom is -0.496 e. The number of ether oxygens (including phenoxy) is 2. The van der Waals surface area contributed by atoms with Crippen molar-refractivity contribution in [3.8, 4) is 5.75 Å². The first-order valence-corrected chi connectivity index (χ1v) is 6.47. The van der Waals surface area contributed by atoms with E-state index in [4.69, 9.17) is 9.47 Å². The zero-order valence-electron chi connectivity index (χ0n) is 9.74. The van der Waals surface area contributed by atoms with Crippen LogP contribution in [0.2, 0.25) is 0 Å². The maximum atomic E-state index is 12.2. The van der Waals surface area contributed by atoms with Crippen molar-refractivity contribution in [2.75, 3.05) is 20.3 Å². The van der Waals surface area contributed by atoms with Crippen LogP contribution in [-0.2, 0) is 4.74 Å². The van der Waals surface area contributed by atoms with Crippen LogP contribution in [0.5, 0.6) is 5.75 Å². The zero-order valence-corrected chi connectivity index (χ0v) is 11.3. The van der Waals surface area contributed by atoms with E-state index >= 15 is 0 Å². The van der Waals surface area contributed by atoms with Crippen molar-refractivity contribution in [2.24, 2.45) is 5.92 Å². The summed E-state index contributed by atoms with van der Waals surface area (Å²) in [6.07, 6.45) is 1.89. The molecule has 0 aromatic heterocycles. The second-order valence-corrected chi connectivity index (χ2v) is 4.98. The second-order valence-electron chi connectivity index (χ2n) is 4.13. The Morgan fingerprint density at radius 3 is 2.94 bits per heavy atom. The van der Waals surface area contributed by atoms with Gasteiger partial charge in [-0.1, -0.05) is 0 Å². The monoisotopic (exact) mass is 298 g/mol. The van der Waals surface area contributed by atoms with Gasteiger partial charge in [0.05, 0.1) is 18.2 Å². The number of Topliss-reactive ketones (excluding diaryl/α,β-unsaturated/α-hetero) is 1. The van der Waals surface area contributed by atoms with Crippen molar-refractivity contribution in [1.29, 1.82) is 0 Å². The highest BCUT2D eigenvalue weighted by Gasteiger charge is 2.23. The largest absolute Gasteiger partial charge is 0.496 e. The predicted molar refractivity (Wildman–Crippen MR) is 68.6 cm³/mol. The van der Waals surface area contributed by atoms with Crippen LogP contribution in [0.3, 0.4) is 0 Å². The number of methoxy groups -OCH3 is 1. The Bertz CT molecular complexity index is 411. The van der Waals surface area contributed by atoms with Gasteiger partial charge in [0.1, 0.15) is 5.75 Å². The molecule has 4 heteroatoms. The fraction of sp³-hybridized carbons (Fsp3) is 0.462. The third kappa shape index (κ3) is 2.87. The van der Waals surface area contributed by atoms with Crippen LogP contribution in [0, 0.1) is 5.92 Å². The summed E-state index contributed by atoms with van der Waals surface area (Å²) < 4.78 is 11.3. The Morgan fingerprint density at radius 2 is 2.35 bits per heavy atom. The number of hydrogen-bond donors (Lipinski definition) is 0. The molecule has 0 bridgehead atoms. The molecule has 17 heavy (non-hydrogen) atoms. The Labute approximate surface area is 109 Å². The molecule has 2 rings (SSSR count). The van der Waals surface area contributed by atoms with Gasteiger partial charge in [-0.05, 0) is 47.0 Å². The molecule has 0 spiro atoms. The van der Waals surface area contributed by atoms with E-state index in [-0.39, 0.29) is 11.7 Å². The summed E-state index contributed by atoms with van der Waals surface area (Å²) >= 11 is 3.39. The Balaban J connectivity index is 2.16. The molecule has 3 nitrogen and oxygen atoms in total. The molecule has 0 aliphatic carbocycles. The van der Waals surface area contributed by atoms with E-state index in [1.807, 2.05) is 6.07 Å². The van der Waals surface area contributed by atoms with Crippen LogP contribution >= 0.6 is 15.9 Å². The normalized spacial score (nSPS) is 20.0. The average Bonchev–Trinajstić information content (AvgIpc) is 2.39. The summed E-state index contributed by atoms with van der Waals surface area (Å²) in [6.45, 7) is 1.32. The molecule has 1 fully saturated rings. The molecular weight excluding hydrogens is 284 g/mol. The second kappa shape index (κ2) is 5.65. The van der Waals surface area contributed by atoms with Gasteiger partial charge in [-0.2, -0.15) is 0 Å². The van der Waals surface area contributed by atoms with E-state index in [0.717, 1.165) is 29.7 Å². The standard InChI is InChI=1S/C13H15BrO3/c1-16-12-5-4-9(7-11(12)14)13(15)10-3-2-6-17-8-10/h4-5,7,10H,2-3,6,8H2,1H3. The molecule has 0 amide bonds. The maximum absolute atomic E-state index is 12.2. The van der Waals surface area contributed by atoms with E-state index in [1.54, 1.807) is 19.2 Å². The summed E-state index contributed by atoms with van der Waals surface area (Å²) in [6, 6.07) is 5.43. The predicted octanol–water partition coefficient (Wildman–Crippen LogP) is 3.07. The molecular formula is C13H15BrO3. The molecule has 1 aromatic rings. The van der Waals surface area contributed by atoms with Crippen LogP contribution in [0.4, 0.5) is 0 Å². The minimum atomic E-state index is 0.00375. The van der Waals surface area contributed by atoms with Gasteiger partial charge in [0.25, 0.3) is 0 Å². The summed E-state index contributed by atoms with van der Waals surface area (Å²) in [5, 5.41) is 0. The number of ketones is 1. The van der Waals surface area contributed by atoms with Crippen molar-refractivity contribution in [2.45, 2.75) is 12.8 Å². The molecule has 1 unspecified atom stereocenters. The van der Waals surface area contributed by atoms with Gasteiger partial charge in [0, 0.05) is 18.1 Å². The summed E-state index contributed by atoms with van der Waals surface area (Å²) in [5.74, 6) is 0.901. The molecule has 1 aliphatic rings. The molecule has 1 heterocycles. The highest BCUT2D eigenvalue weighted by atomic mass is 79.9. The van der Waals surface area contributed by atoms with Crippen LogP contribution in [-0.4, -0.2) is 26.1 Å². The van der Waals surface area contributed by atoms with E-state index in [1.165, 1.54) is 0 Å². The molecule has 0 saturated carbocycles. The maximum Gasteiger partial charge on any atom is 0.168 e. The lowest BCUT2D eigenvalue weighted by Crippen LogP contribution is -2.25. The summed E-state index contributed by atoms with van der Waals surface area (Å²) in [4.78, 5) is 12.2. The zero-order chi connectivity index (χ0) is 12.3. The molecule has 0 N–H and O–H groups in total. The number of benzene rings is 1. The smallest absolute Gasteiger partial charge is 0.168 e. The van der Waals surface area contributed by atoms with Gasteiger partial charge in [0.2, 0.25) is 0 Å². The number of halogens is 1. The van der Waals surface area contributed by atoms with E-state index in [9.17, 15) is 4.79 Å². The fourth-order valence-corrected chi connectivity index (χ4v) is 2.54. The summed E-state index contributed by atoms with van der Waals surface area (Å²) in [5.41, 5.74) is 0.716. The molecule has 1 aromatic carbocycles. The fourth-order valence-electron chi connectivity index (χ4n) is 2.00. The van der Waals surface area contributed by atoms with Gasteiger partial charge in [-0.3, -0.25) is 4.79 Å². The van der Waals surface area contributed by atoms with Gasteiger partial charge in [0.15, 0.2) is 5.78 Å². The van der Waals surface area contributed by atoms with Gasteiger partial charge >= 0.3 is 0 Å². The van der Waals surface area contributed by atoms with E-state index < -0.39 is 0 Å². The first-order chi connectivity index (χ1) is 8.22. The van der Waals surface area contributed by atoms with Crippen molar-refractivity contribution in [1.82, 2.24) is 0 Å². The minimum absolute atomic E-state index is 0.00375. The number of rotatable bonds is 3. The van der Waals surface area contributed by atoms with E-state index in [0.29, 0.717) is 12.2 Å². The average molecular weight is 299 g/mol. The quantitative estimate of drug-likeness (QED) is 0.805. The topological polar surface area (TPSA) is 35.5 Å². The highest BCUT2D eigenvalue weighted by molar-refractivity contribution is 9.10. The van der Waals surface area contributed by atoms with Gasteiger partial charge < -0.3 is 9.47 Å². The number of hydrogen-bond acceptors (Lipinski definition) is 3. The molecule has 92 valence electrons. The SMILES string of the molecule is COc1ccc(C(=O)C2CCCOC2)cc1Br. The van der Waals surface area contributed by atoms with Crippen LogP contribution in [0.25, 0.3) is 0 Å². The molecule has 1 aliphatic heterocycles. The first kappa shape index (κ1) is 12.6. The number of carbonyl (C=O) groups excluding carboxylic acids is 1. The third-order valence-corrected chi connectivity index (χ3v) is 3.59. The lowest BCUT2D eigenvalue weighted by atomic mass is 9.93. The van der Waals surface area contributed by atoms with E-state index in [2.05, 4.69) is 15.9 Å². The van der Waals surface area contributed by atoms with Crippen molar-refractivity contribution in [3.05, 3.63) is 28.2 Å². The van der Waals surface area contributed by atoms with Crippen LogP contribution in [0.15, 0.2) is 22.7 Å². The van der Waals surface area contributed by atoms with Gasteiger partial charge in [-0.15, -0.1) is 0 Å². The van der Waals surface area contributed by atoms with Gasteiger partial charge in [-0.25, -0.2) is 0 Å². The van der Waals surface area contributed by atoms with Crippen LogP contribution in [0.1, 0.15) is 23.2 Å². The lowest BCUT2D eigenvalue weighted by molar-refractivity contribution is 0.0461. The molecule has 1 atom stereocenters. The highest BCUT2D eigenvalue weighted by Crippen LogP contribution is 2.27. The Kier molecular flexibility index (Phi) is 4.18. The lowest BCUT2D eigenvalue weighted by Gasteiger charge is -2.21. The van der Waals surface area contributed by atoms with Crippen molar-refractivity contribution < 1.29 is 14.3 Å². The third-order valence-electron chi connectivity index (χ3n) is 2.97. The summed E-state index contributed by atoms with van der Waals surface area (Å²) in [7, 11) is 1.61. The Morgan fingerprint density at radius 1 is 1.53 bits per heavy atom. The van der Waals surface area contributed by atoms with Crippen molar-refractivity contribution >= 4 is 21.7 Å². The number of carbonyl (C=O) groups is 1. The Hall–Kier alpha value is -0.870. The van der Waals surface area contributed by atoms with Crippen LogP contribution < -0.4 is 4.74 Å².